The number of nitrogens with one attached hydrogen (secondary N) is 1. The van der Waals surface area contributed by atoms with E-state index in [0.717, 1.165) is 32.5 Å². The number of aryl methyl sites for hydroxylation is 1. The Morgan fingerprint density at radius 1 is 1.23 bits per heavy atom. The quantitative estimate of drug-likeness (QED) is 0.728. The topological polar surface area (TPSA) is 87.5 Å². The molecule has 1 aliphatic rings. The lowest BCUT2D eigenvalue weighted by Crippen LogP contribution is -2.44. The predicted octanol–water partition coefficient (Wildman–Crippen LogP) is 3.07. The molecule has 1 aromatic heterocycles. The summed E-state index contributed by atoms with van der Waals surface area (Å²) < 4.78 is 47.3. The maximum Gasteiger partial charge on any atom is 0.490 e. The zero-order valence-corrected chi connectivity index (χ0v) is 16.2. The third kappa shape index (κ3) is 6.46. The number of aliphatic carboxylic acids is 1. The summed E-state index contributed by atoms with van der Waals surface area (Å²) in [7, 11) is 0. The Bertz CT molecular complexity index is 861. The number of alkyl halides is 3. The van der Waals surface area contributed by atoms with Crippen molar-refractivity contribution >= 4 is 17.6 Å². The van der Waals surface area contributed by atoms with E-state index in [9.17, 15) is 22.4 Å². The number of piperidine rings is 1. The van der Waals surface area contributed by atoms with Crippen molar-refractivity contribution in [3.8, 4) is 0 Å². The van der Waals surface area contributed by atoms with E-state index in [1.54, 1.807) is 29.2 Å². The van der Waals surface area contributed by atoms with Gasteiger partial charge in [-0.05, 0) is 31.9 Å². The molecular formula is C19H22F4N4O3. The summed E-state index contributed by atoms with van der Waals surface area (Å²) in [6.45, 7) is 4.20. The molecule has 2 heterocycles. The van der Waals surface area contributed by atoms with Crippen molar-refractivity contribution in [2.75, 3.05) is 18.0 Å². The average Bonchev–Trinajstić information content (AvgIpc) is 3.18. The molecule has 1 saturated heterocycles. The van der Waals surface area contributed by atoms with E-state index >= 15 is 0 Å². The van der Waals surface area contributed by atoms with Crippen LogP contribution in [0.2, 0.25) is 0 Å². The number of aromatic nitrogens is 2. The van der Waals surface area contributed by atoms with Crippen molar-refractivity contribution < 1.29 is 32.3 Å². The Morgan fingerprint density at radius 3 is 2.33 bits per heavy atom. The van der Waals surface area contributed by atoms with E-state index in [0.29, 0.717) is 11.3 Å². The summed E-state index contributed by atoms with van der Waals surface area (Å²) in [6.07, 6.45) is -0.124. The summed E-state index contributed by atoms with van der Waals surface area (Å²) in [5.74, 6) is -3.04. The number of rotatable bonds is 4. The van der Waals surface area contributed by atoms with Crippen molar-refractivity contribution in [1.82, 2.24) is 15.1 Å². The first-order valence-electron chi connectivity index (χ1n) is 9.24. The van der Waals surface area contributed by atoms with Crippen molar-refractivity contribution in [3.05, 3.63) is 48.0 Å². The molecule has 0 bridgehead atoms. The molecule has 0 spiro atoms. The molecule has 3 rings (SSSR count). The second-order valence-electron chi connectivity index (χ2n) is 6.57. The first kappa shape index (κ1) is 23.2. The second kappa shape index (κ2) is 10.1. The summed E-state index contributed by atoms with van der Waals surface area (Å²) in [6, 6.07) is 6.94. The number of hydrogen-bond donors (Lipinski definition) is 2. The normalized spacial score (nSPS) is 14.6. The highest BCUT2D eigenvalue weighted by Crippen LogP contribution is 2.23. The van der Waals surface area contributed by atoms with Gasteiger partial charge in [0.05, 0.1) is 17.4 Å². The molecule has 164 valence electrons. The van der Waals surface area contributed by atoms with Crippen LogP contribution in [-0.2, 0) is 11.3 Å². The van der Waals surface area contributed by atoms with E-state index in [4.69, 9.17) is 9.90 Å². The van der Waals surface area contributed by atoms with Gasteiger partial charge in [-0.2, -0.15) is 18.3 Å². The van der Waals surface area contributed by atoms with Crippen LogP contribution in [0, 0.1) is 5.82 Å². The third-order valence-electron chi connectivity index (χ3n) is 4.49. The molecule has 11 heteroatoms. The number of amides is 1. The van der Waals surface area contributed by atoms with E-state index in [1.165, 1.54) is 6.07 Å². The molecule has 1 amide bonds. The predicted molar refractivity (Wildman–Crippen MR) is 101 cm³/mol. The number of hydrogen-bond acceptors (Lipinski definition) is 4. The van der Waals surface area contributed by atoms with Crippen LogP contribution >= 0.6 is 0 Å². The van der Waals surface area contributed by atoms with Gasteiger partial charge >= 0.3 is 12.1 Å². The summed E-state index contributed by atoms with van der Waals surface area (Å²) in [5.41, 5.74) is 1.23. The van der Waals surface area contributed by atoms with Crippen molar-refractivity contribution in [2.45, 2.75) is 38.5 Å². The minimum atomic E-state index is -5.08. The van der Waals surface area contributed by atoms with Gasteiger partial charge in [-0.15, -0.1) is 0 Å². The van der Waals surface area contributed by atoms with E-state index in [-0.39, 0.29) is 17.8 Å². The highest BCUT2D eigenvalue weighted by Gasteiger charge is 2.38. The van der Waals surface area contributed by atoms with E-state index in [1.807, 2.05) is 17.9 Å². The van der Waals surface area contributed by atoms with Gasteiger partial charge in [0.25, 0.3) is 5.91 Å². The first-order chi connectivity index (χ1) is 14.1. The standard InChI is InChI=1S/C17H21FN4O.C2HF3O2/c1-2-22-12-13(11-19-22)17(23)20-14-7-9-21(10-8-14)16-6-4-3-5-15(16)18;3-2(4,5)1(6)7/h3-6,11-12,14H,2,7-10H2,1H3,(H,20,23);(H,6,7). The Hall–Kier alpha value is -3.11. The van der Waals surface area contributed by atoms with Crippen LogP contribution in [0.3, 0.4) is 0 Å². The Morgan fingerprint density at radius 2 is 1.83 bits per heavy atom. The molecule has 1 aromatic carbocycles. The smallest absolute Gasteiger partial charge is 0.475 e. The van der Waals surface area contributed by atoms with Gasteiger partial charge in [-0.3, -0.25) is 9.48 Å². The van der Waals surface area contributed by atoms with Crippen LogP contribution < -0.4 is 10.2 Å². The molecule has 0 atom stereocenters. The molecule has 2 aromatic rings. The van der Waals surface area contributed by atoms with Crippen LogP contribution in [0.4, 0.5) is 23.2 Å². The molecule has 1 aliphatic heterocycles. The molecule has 7 nitrogen and oxygen atoms in total. The number of carbonyl (C=O) groups is 2. The lowest BCUT2D eigenvalue weighted by Gasteiger charge is -2.34. The number of nitrogens with zero attached hydrogens (tertiary/aromatic N) is 3. The largest absolute Gasteiger partial charge is 0.490 e. The highest BCUT2D eigenvalue weighted by atomic mass is 19.4. The zero-order chi connectivity index (χ0) is 22.3. The number of para-hydroxylation sites is 1. The van der Waals surface area contributed by atoms with Gasteiger partial charge in [0, 0.05) is 31.9 Å². The molecule has 1 fully saturated rings. The number of carbonyl (C=O) groups excluding carboxylic acids is 1. The molecule has 30 heavy (non-hydrogen) atoms. The van der Waals surface area contributed by atoms with Gasteiger partial charge in [-0.1, -0.05) is 12.1 Å². The fraction of sp³-hybridized carbons (Fsp3) is 0.421. The lowest BCUT2D eigenvalue weighted by atomic mass is 10.0. The van der Waals surface area contributed by atoms with Gasteiger partial charge in [0.15, 0.2) is 0 Å². The number of carboxylic acid groups (broad SMARTS) is 1. The van der Waals surface area contributed by atoms with Crippen LogP contribution in [0.5, 0.6) is 0 Å². The lowest BCUT2D eigenvalue weighted by molar-refractivity contribution is -0.192. The Kier molecular flexibility index (Phi) is 7.79. The van der Waals surface area contributed by atoms with Gasteiger partial charge in [0.2, 0.25) is 0 Å². The minimum Gasteiger partial charge on any atom is -0.475 e. The highest BCUT2D eigenvalue weighted by molar-refractivity contribution is 5.93. The molecule has 0 radical (unpaired) electrons. The van der Waals surface area contributed by atoms with Crippen LogP contribution in [0.15, 0.2) is 36.7 Å². The minimum absolute atomic E-state index is 0.0889. The van der Waals surface area contributed by atoms with Crippen molar-refractivity contribution in [1.29, 1.82) is 0 Å². The molecule has 0 unspecified atom stereocenters. The van der Waals surface area contributed by atoms with E-state index < -0.39 is 12.1 Å². The number of benzene rings is 1. The van der Waals surface area contributed by atoms with E-state index in [2.05, 4.69) is 10.4 Å². The monoisotopic (exact) mass is 430 g/mol. The fourth-order valence-electron chi connectivity index (χ4n) is 2.90. The SMILES string of the molecule is CCn1cc(C(=O)NC2CCN(c3ccccc3F)CC2)cn1.O=C(O)C(F)(F)F. The zero-order valence-electron chi connectivity index (χ0n) is 16.2. The first-order valence-corrected chi connectivity index (χ1v) is 9.24. The third-order valence-corrected chi connectivity index (χ3v) is 4.49. The van der Waals surface area contributed by atoms with Crippen molar-refractivity contribution in [3.63, 3.8) is 0 Å². The van der Waals surface area contributed by atoms with Gasteiger partial charge in [0.1, 0.15) is 5.82 Å². The molecule has 2 N–H and O–H groups in total. The average molecular weight is 430 g/mol. The van der Waals surface area contributed by atoms with Gasteiger partial charge in [-0.25, -0.2) is 9.18 Å². The molecule has 0 aliphatic carbocycles. The number of anilines is 1. The van der Waals surface area contributed by atoms with Crippen LogP contribution in [0.1, 0.15) is 30.1 Å². The Labute approximate surface area is 170 Å². The van der Waals surface area contributed by atoms with Crippen LogP contribution in [-0.4, -0.2) is 52.1 Å². The summed E-state index contributed by atoms with van der Waals surface area (Å²) >= 11 is 0. The number of carboxylic acids is 1. The fourth-order valence-corrected chi connectivity index (χ4v) is 2.90. The summed E-state index contributed by atoms with van der Waals surface area (Å²) in [4.78, 5) is 23.1. The van der Waals surface area contributed by atoms with Crippen LogP contribution in [0.25, 0.3) is 0 Å². The van der Waals surface area contributed by atoms with Crippen molar-refractivity contribution in [2.24, 2.45) is 0 Å². The Balaban J connectivity index is 0.000000396. The second-order valence-corrected chi connectivity index (χ2v) is 6.57. The maximum atomic E-state index is 13.8. The molecular weight excluding hydrogens is 408 g/mol. The maximum absolute atomic E-state index is 13.8. The summed E-state index contributed by atoms with van der Waals surface area (Å²) in [5, 5.41) is 14.3. The molecule has 0 saturated carbocycles. The number of halogens is 4. The van der Waals surface area contributed by atoms with Gasteiger partial charge < -0.3 is 15.3 Å².